The van der Waals surface area contributed by atoms with Gasteiger partial charge in [-0.15, -0.1) is 11.3 Å². The average Bonchev–Trinajstić information content (AvgIpc) is 3.59. The molecule has 2 heterocycles. The fraction of sp³-hybridized carbons (Fsp3) is 0.571. The summed E-state index contributed by atoms with van der Waals surface area (Å²) in [5.74, 6) is 2.84. The molecule has 0 radical (unpaired) electrons. The van der Waals surface area contributed by atoms with Gasteiger partial charge < -0.3 is 5.32 Å². The van der Waals surface area contributed by atoms with E-state index in [-0.39, 0.29) is 46.9 Å². The van der Waals surface area contributed by atoms with Gasteiger partial charge >= 0.3 is 0 Å². The van der Waals surface area contributed by atoms with Gasteiger partial charge in [-0.05, 0) is 92.7 Å². The van der Waals surface area contributed by atoms with E-state index >= 15 is 0 Å². The van der Waals surface area contributed by atoms with E-state index in [0.29, 0.717) is 11.4 Å². The molecule has 1 aromatic heterocycles. The van der Waals surface area contributed by atoms with Crippen LogP contribution < -0.4 is 10.2 Å². The van der Waals surface area contributed by atoms with E-state index in [0.717, 1.165) is 58.0 Å². The molecule has 9 rings (SSSR count). The van der Waals surface area contributed by atoms with Gasteiger partial charge in [-0.25, -0.2) is 9.88 Å². The van der Waals surface area contributed by atoms with Crippen LogP contribution in [0.3, 0.4) is 0 Å². The Morgan fingerprint density at radius 1 is 1.00 bits per heavy atom. The third-order valence-corrected chi connectivity index (χ3v) is 12.0. The van der Waals surface area contributed by atoms with E-state index in [2.05, 4.69) is 17.5 Å². The number of rotatable bonds is 5. The zero-order chi connectivity index (χ0) is 24.2. The zero-order valence-corrected chi connectivity index (χ0v) is 21.7. The standard InChI is InChI=1S/C28H29N3O3S2/c32-22(30-28-10-14-5-15(11-28)7-16(6-14)12-28)13-35-27-29-20-4-3-19(9-21(20)36-27)31-25(33)23-17-1-2-18(8-17)24(23)26(31)34/h1-4,9,14-18,23-24H,5-8,10-13H2,(H,30,32)/t14?,15?,16?,17-,18-,23-,24-,28?/m0/s1. The summed E-state index contributed by atoms with van der Waals surface area (Å²) in [4.78, 5) is 45.4. The van der Waals surface area contributed by atoms with Gasteiger partial charge in [0.15, 0.2) is 4.34 Å². The number of nitrogens with one attached hydrogen (secondary N) is 1. The second-order valence-corrected chi connectivity index (χ2v) is 14.4. The van der Waals surface area contributed by atoms with Crippen molar-refractivity contribution in [3.8, 4) is 0 Å². The highest BCUT2D eigenvalue weighted by atomic mass is 32.2. The van der Waals surface area contributed by atoms with Crippen LogP contribution in [-0.4, -0.2) is 34.0 Å². The number of carbonyl (C=O) groups excluding carboxylic acids is 3. The van der Waals surface area contributed by atoms with E-state index in [9.17, 15) is 14.4 Å². The molecule has 6 aliphatic carbocycles. The third-order valence-electron chi connectivity index (χ3n) is 9.85. The largest absolute Gasteiger partial charge is 0.350 e. The van der Waals surface area contributed by atoms with Crippen molar-refractivity contribution in [3.63, 3.8) is 0 Å². The van der Waals surface area contributed by atoms with Gasteiger partial charge in [0.2, 0.25) is 17.7 Å². The first kappa shape index (κ1) is 21.9. The number of amides is 3. The Labute approximate surface area is 218 Å². The van der Waals surface area contributed by atoms with Crippen molar-refractivity contribution in [1.82, 2.24) is 10.3 Å². The molecule has 6 nitrogen and oxygen atoms in total. The highest BCUT2D eigenvalue weighted by Gasteiger charge is 2.59. The first-order chi connectivity index (χ1) is 17.4. The number of benzene rings is 1. The van der Waals surface area contributed by atoms with E-state index < -0.39 is 0 Å². The van der Waals surface area contributed by atoms with Crippen molar-refractivity contribution in [1.29, 1.82) is 0 Å². The summed E-state index contributed by atoms with van der Waals surface area (Å²) in [5, 5.41) is 3.45. The van der Waals surface area contributed by atoms with Crippen LogP contribution in [0.1, 0.15) is 44.9 Å². The second kappa shape index (κ2) is 7.67. The van der Waals surface area contributed by atoms with Crippen LogP contribution in [0.2, 0.25) is 0 Å². The normalized spacial score (nSPS) is 39.6. The molecular weight excluding hydrogens is 490 g/mol. The summed E-state index contributed by atoms with van der Waals surface area (Å²) in [6.07, 6.45) is 12.8. The van der Waals surface area contributed by atoms with Gasteiger partial charge in [0, 0.05) is 5.54 Å². The third kappa shape index (κ3) is 3.22. The fourth-order valence-electron chi connectivity index (χ4n) is 8.97. The van der Waals surface area contributed by atoms with Crippen LogP contribution in [0.25, 0.3) is 10.2 Å². The lowest BCUT2D eigenvalue weighted by atomic mass is 9.53. The van der Waals surface area contributed by atoms with Crippen molar-refractivity contribution in [2.75, 3.05) is 10.7 Å². The minimum Gasteiger partial charge on any atom is -0.350 e. The number of fused-ring (bicyclic) bond motifs is 6. The molecule has 4 atom stereocenters. The molecule has 8 heteroatoms. The van der Waals surface area contributed by atoms with Gasteiger partial charge in [-0.1, -0.05) is 23.9 Å². The second-order valence-electron chi connectivity index (χ2n) is 12.2. The van der Waals surface area contributed by atoms with Crippen molar-refractivity contribution in [2.45, 2.75) is 54.8 Å². The molecule has 1 N–H and O–H groups in total. The highest BCUT2D eigenvalue weighted by Crippen LogP contribution is 2.56. The molecule has 0 unspecified atom stereocenters. The SMILES string of the molecule is O=C(CSc1nc2ccc(N3C(=O)[C@@H]4[C@@H](C3=O)[C@H]3C=C[C@H]4C3)cc2s1)NC12CC3CC(CC(C3)C1)C2. The number of thiazole rings is 1. The Balaban J connectivity index is 0.961. The maximum atomic E-state index is 13.2. The van der Waals surface area contributed by atoms with E-state index in [1.165, 1.54) is 47.3 Å². The number of nitrogens with zero attached hydrogens (tertiary/aromatic N) is 2. The molecule has 5 saturated carbocycles. The number of anilines is 1. The topological polar surface area (TPSA) is 79.4 Å². The molecule has 1 saturated heterocycles. The van der Waals surface area contributed by atoms with Gasteiger partial charge in [-0.2, -0.15) is 0 Å². The van der Waals surface area contributed by atoms with Gasteiger partial charge in [0.25, 0.3) is 0 Å². The summed E-state index contributed by atoms with van der Waals surface area (Å²) in [6, 6.07) is 5.64. The predicted molar refractivity (Wildman–Crippen MR) is 140 cm³/mol. The lowest BCUT2D eigenvalue weighted by Gasteiger charge is -2.56. The molecule has 6 bridgehead atoms. The first-order valence-electron chi connectivity index (χ1n) is 13.4. The minimum absolute atomic E-state index is 0.0387. The summed E-state index contributed by atoms with van der Waals surface area (Å²) in [5.41, 5.74) is 1.52. The smallest absolute Gasteiger partial charge is 0.238 e. The number of imide groups is 1. The first-order valence-corrected chi connectivity index (χ1v) is 15.2. The van der Waals surface area contributed by atoms with Crippen LogP contribution in [0.4, 0.5) is 5.69 Å². The number of allylic oxidation sites excluding steroid dienone is 2. The van der Waals surface area contributed by atoms with Crippen molar-refractivity contribution < 1.29 is 14.4 Å². The monoisotopic (exact) mass is 519 g/mol. The van der Waals surface area contributed by atoms with E-state index in [4.69, 9.17) is 4.98 Å². The van der Waals surface area contributed by atoms with Crippen LogP contribution in [0, 0.1) is 41.4 Å². The highest BCUT2D eigenvalue weighted by molar-refractivity contribution is 8.01. The Bertz CT molecular complexity index is 1280. The average molecular weight is 520 g/mol. The Kier molecular flexibility index (Phi) is 4.65. The van der Waals surface area contributed by atoms with Gasteiger partial charge in [0.05, 0.1) is 33.5 Å². The van der Waals surface area contributed by atoms with Crippen molar-refractivity contribution >= 4 is 56.7 Å². The minimum atomic E-state index is -0.191. The predicted octanol–water partition coefficient (Wildman–Crippen LogP) is 4.78. The summed E-state index contributed by atoms with van der Waals surface area (Å²) in [6.45, 7) is 0. The number of hydrogen-bond donors (Lipinski definition) is 1. The number of aromatic nitrogens is 1. The summed E-state index contributed by atoms with van der Waals surface area (Å²) >= 11 is 3.01. The number of thioether (sulfide) groups is 1. The fourth-order valence-corrected chi connectivity index (χ4v) is 10.9. The summed E-state index contributed by atoms with van der Waals surface area (Å²) in [7, 11) is 0. The number of hydrogen-bond acceptors (Lipinski definition) is 6. The van der Waals surface area contributed by atoms with E-state index in [1.807, 2.05) is 18.2 Å². The number of carbonyl (C=O) groups is 3. The summed E-state index contributed by atoms with van der Waals surface area (Å²) < 4.78 is 1.79. The van der Waals surface area contributed by atoms with Crippen LogP contribution in [0.5, 0.6) is 0 Å². The van der Waals surface area contributed by atoms with E-state index in [1.54, 1.807) is 0 Å². The molecule has 3 amide bonds. The van der Waals surface area contributed by atoms with Crippen molar-refractivity contribution in [2.24, 2.45) is 41.4 Å². The lowest BCUT2D eigenvalue weighted by Crippen LogP contribution is -2.60. The molecule has 186 valence electrons. The molecule has 1 aromatic carbocycles. The lowest BCUT2D eigenvalue weighted by molar-refractivity contribution is -0.125. The molecule has 1 aliphatic heterocycles. The molecule has 6 fully saturated rings. The zero-order valence-electron chi connectivity index (χ0n) is 20.0. The molecule has 7 aliphatic rings. The maximum absolute atomic E-state index is 13.2. The quantitative estimate of drug-likeness (QED) is 0.349. The Hall–Kier alpha value is -2.19. The van der Waals surface area contributed by atoms with Gasteiger partial charge in [0.1, 0.15) is 0 Å². The molecule has 2 aromatic rings. The maximum Gasteiger partial charge on any atom is 0.238 e. The van der Waals surface area contributed by atoms with Gasteiger partial charge in [-0.3, -0.25) is 14.4 Å². The van der Waals surface area contributed by atoms with Crippen molar-refractivity contribution in [3.05, 3.63) is 30.4 Å². The Morgan fingerprint density at radius 3 is 2.28 bits per heavy atom. The molecular formula is C28H29N3O3S2. The van der Waals surface area contributed by atoms with Crippen LogP contribution in [0.15, 0.2) is 34.7 Å². The van der Waals surface area contributed by atoms with Crippen LogP contribution in [-0.2, 0) is 14.4 Å². The molecule has 0 spiro atoms. The Morgan fingerprint density at radius 2 is 1.64 bits per heavy atom. The van der Waals surface area contributed by atoms with Crippen LogP contribution >= 0.6 is 23.1 Å². The molecule has 36 heavy (non-hydrogen) atoms.